The molecule has 0 aliphatic carbocycles. The fraction of sp³-hybridized carbons (Fsp3) is 0. The summed E-state index contributed by atoms with van der Waals surface area (Å²) >= 11 is 3.08. The Kier molecular flexibility index (Phi) is 6.80. The third-order valence-corrected chi connectivity index (χ3v) is 4.50. The van der Waals surface area contributed by atoms with Gasteiger partial charge in [-0.25, -0.2) is 4.79 Å². The summed E-state index contributed by atoms with van der Waals surface area (Å²) in [5.41, 5.74) is 0.202. The highest BCUT2D eigenvalue weighted by atomic mass is 79.9. The van der Waals surface area contributed by atoms with Crippen LogP contribution in [-0.4, -0.2) is 27.8 Å². The average Bonchev–Trinajstić information content (AvgIpc) is 3.20. The molecule has 0 fully saturated rings. The van der Waals surface area contributed by atoms with Crippen molar-refractivity contribution in [2.75, 3.05) is 5.32 Å². The average molecular weight is 500 g/mol. The lowest BCUT2D eigenvalue weighted by atomic mass is 10.1. The van der Waals surface area contributed by atoms with E-state index in [1.54, 1.807) is 0 Å². The number of carboxylic acid groups (broad SMARTS) is 1. The Balaban J connectivity index is 1.90. The van der Waals surface area contributed by atoms with Crippen molar-refractivity contribution in [1.82, 2.24) is 5.32 Å². The van der Waals surface area contributed by atoms with Gasteiger partial charge in [-0.15, -0.1) is 0 Å². The molecule has 3 N–H and O–H groups in total. The highest BCUT2D eigenvalue weighted by Crippen LogP contribution is 2.18. The van der Waals surface area contributed by atoms with E-state index in [2.05, 4.69) is 26.6 Å². The molecular weight excluding hydrogens is 486 g/mol. The normalized spacial score (nSPS) is 11.0. The third-order valence-electron chi connectivity index (χ3n) is 4.07. The number of carbonyl (C=O) groups excluding carboxylic acids is 2. The monoisotopic (exact) mass is 499 g/mol. The van der Waals surface area contributed by atoms with Crippen molar-refractivity contribution in [2.24, 2.45) is 0 Å². The Morgan fingerprint density at radius 2 is 1.78 bits per heavy atom. The van der Waals surface area contributed by atoms with Crippen molar-refractivity contribution < 1.29 is 28.8 Å². The van der Waals surface area contributed by atoms with E-state index < -0.39 is 22.7 Å². The lowest BCUT2D eigenvalue weighted by Crippen LogP contribution is -2.30. The molecule has 0 bridgehead atoms. The molecule has 11 heteroatoms. The van der Waals surface area contributed by atoms with E-state index in [-0.39, 0.29) is 28.4 Å². The summed E-state index contributed by atoms with van der Waals surface area (Å²) in [4.78, 5) is 46.8. The summed E-state index contributed by atoms with van der Waals surface area (Å²) in [6, 6.07) is 13.8. The summed E-state index contributed by atoms with van der Waals surface area (Å²) in [6.07, 6.45) is 1.27. The Labute approximate surface area is 188 Å². The Morgan fingerprint density at radius 3 is 2.38 bits per heavy atom. The van der Waals surface area contributed by atoms with Crippen molar-refractivity contribution in [2.45, 2.75) is 0 Å². The van der Waals surface area contributed by atoms with Crippen LogP contribution in [0.25, 0.3) is 6.08 Å². The molecule has 3 aromatic rings. The van der Waals surface area contributed by atoms with Gasteiger partial charge in [0.05, 0.1) is 10.5 Å². The first-order valence-corrected chi connectivity index (χ1v) is 9.70. The molecule has 0 radical (unpaired) electrons. The summed E-state index contributed by atoms with van der Waals surface area (Å²) in [5, 5.41) is 25.0. The van der Waals surface area contributed by atoms with Crippen molar-refractivity contribution in [3.8, 4) is 0 Å². The van der Waals surface area contributed by atoms with Crippen LogP contribution in [0.4, 0.5) is 11.4 Å². The topological polar surface area (TPSA) is 152 Å². The van der Waals surface area contributed by atoms with Gasteiger partial charge in [0.2, 0.25) is 0 Å². The van der Waals surface area contributed by atoms with Gasteiger partial charge in [-0.1, -0.05) is 12.1 Å². The molecule has 10 nitrogen and oxygen atoms in total. The number of rotatable bonds is 7. The van der Waals surface area contributed by atoms with Gasteiger partial charge in [-0.3, -0.25) is 19.7 Å². The molecule has 1 aromatic heterocycles. The molecule has 32 heavy (non-hydrogen) atoms. The minimum Gasteiger partial charge on any atom is -0.478 e. The van der Waals surface area contributed by atoms with E-state index in [9.17, 15) is 24.5 Å². The second-order valence-electron chi connectivity index (χ2n) is 6.30. The number of nitrogens with zero attached hydrogens (tertiary/aromatic N) is 1. The number of furan rings is 1. The van der Waals surface area contributed by atoms with Crippen molar-refractivity contribution in [3.63, 3.8) is 0 Å². The lowest BCUT2D eigenvalue weighted by Gasteiger charge is -2.11. The number of aromatic carboxylic acids is 1. The maximum Gasteiger partial charge on any atom is 0.335 e. The number of carboxylic acids is 1. The first-order chi connectivity index (χ1) is 15.2. The van der Waals surface area contributed by atoms with Gasteiger partial charge in [-0.05, 0) is 64.0 Å². The van der Waals surface area contributed by atoms with Crippen LogP contribution in [0.15, 0.2) is 75.4 Å². The fourth-order valence-corrected chi connectivity index (χ4v) is 2.87. The van der Waals surface area contributed by atoms with Crippen LogP contribution in [0.3, 0.4) is 0 Å². The second kappa shape index (κ2) is 9.71. The number of hydrogen-bond acceptors (Lipinski definition) is 6. The zero-order chi connectivity index (χ0) is 23.3. The fourth-order valence-electron chi connectivity index (χ4n) is 2.57. The Bertz CT molecular complexity index is 1230. The molecule has 1 heterocycles. The number of nitro benzene ring substituents is 1. The van der Waals surface area contributed by atoms with Crippen LogP contribution in [0, 0.1) is 10.1 Å². The molecule has 0 spiro atoms. The van der Waals surface area contributed by atoms with Gasteiger partial charge in [0.15, 0.2) is 10.4 Å². The maximum atomic E-state index is 12.8. The minimum absolute atomic E-state index is 0.0343. The van der Waals surface area contributed by atoms with Crippen molar-refractivity contribution in [1.29, 1.82) is 0 Å². The summed E-state index contributed by atoms with van der Waals surface area (Å²) in [6.45, 7) is 0. The molecule has 0 atom stereocenters. The van der Waals surface area contributed by atoms with Crippen LogP contribution in [0.1, 0.15) is 26.5 Å². The first-order valence-electron chi connectivity index (χ1n) is 8.90. The lowest BCUT2D eigenvalue weighted by molar-refractivity contribution is -0.384. The maximum absolute atomic E-state index is 12.8. The van der Waals surface area contributed by atoms with E-state index in [1.807, 2.05) is 0 Å². The van der Waals surface area contributed by atoms with E-state index in [1.165, 1.54) is 66.7 Å². The van der Waals surface area contributed by atoms with E-state index >= 15 is 0 Å². The Hall–Kier alpha value is -4.25. The van der Waals surface area contributed by atoms with Crippen LogP contribution >= 0.6 is 15.9 Å². The summed E-state index contributed by atoms with van der Waals surface area (Å²) in [7, 11) is 0. The van der Waals surface area contributed by atoms with Crippen molar-refractivity contribution >= 4 is 51.2 Å². The van der Waals surface area contributed by atoms with Gasteiger partial charge >= 0.3 is 5.97 Å². The number of halogens is 1. The molecule has 0 aliphatic heterocycles. The standard InChI is InChI=1S/C21H14BrN3O7/c22-18-9-8-17(32-18)20(27)24-16(11-12-2-1-3-15(10-12)25(30)31)19(26)23-14-6-4-13(5-7-14)21(28)29/h1-11H,(H,23,26)(H,24,27)(H,28,29)/b16-11-. The van der Waals surface area contributed by atoms with Crippen molar-refractivity contribution in [3.05, 3.63) is 98.0 Å². The van der Waals surface area contributed by atoms with Gasteiger partial charge in [-0.2, -0.15) is 0 Å². The first kappa shape index (κ1) is 22.4. The predicted octanol–water partition coefficient (Wildman–Crippen LogP) is 4.06. The number of amides is 2. The van der Waals surface area contributed by atoms with E-state index in [0.717, 1.165) is 0 Å². The molecule has 0 unspecified atom stereocenters. The number of non-ortho nitro benzene ring substituents is 1. The van der Waals surface area contributed by atoms with Gasteiger partial charge in [0.25, 0.3) is 17.5 Å². The predicted molar refractivity (Wildman–Crippen MR) is 117 cm³/mol. The smallest absolute Gasteiger partial charge is 0.335 e. The Morgan fingerprint density at radius 1 is 1.06 bits per heavy atom. The quantitative estimate of drug-likeness (QED) is 0.251. The van der Waals surface area contributed by atoms with Crippen LogP contribution in [-0.2, 0) is 4.79 Å². The molecule has 0 aliphatic rings. The SMILES string of the molecule is O=C(Nc1ccc(C(=O)O)cc1)/C(=C/c1cccc([N+](=O)[O-])c1)NC(=O)c1ccc(Br)o1. The second-order valence-corrected chi connectivity index (χ2v) is 7.09. The van der Waals surface area contributed by atoms with Crippen LogP contribution < -0.4 is 10.6 Å². The van der Waals surface area contributed by atoms with Crippen LogP contribution in [0.5, 0.6) is 0 Å². The minimum atomic E-state index is -1.12. The number of nitro groups is 1. The van der Waals surface area contributed by atoms with Gasteiger partial charge < -0.3 is 20.2 Å². The largest absolute Gasteiger partial charge is 0.478 e. The molecule has 2 amide bonds. The van der Waals surface area contributed by atoms with E-state index in [4.69, 9.17) is 9.52 Å². The zero-order valence-corrected chi connectivity index (χ0v) is 17.7. The van der Waals surface area contributed by atoms with Crippen LogP contribution in [0.2, 0.25) is 0 Å². The summed E-state index contributed by atoms with van der Waals surface area (Å²) < 4.78 is 5.50. The zero-order valence-electron chi connectivity index (χ0n) is 16.1. The number of anilines is 1. The molecule has 3 rings (SSSR count). The molecule has 2 aromatic carbocycles. The number of nitrogens with one attached hydrogen (secondary N) is 2. The number of carbonyl (C=O) groups is 3. The number of benzene rings is 2. The van der Waals surface area contributed by atoms with E-state index in [0.29, 0.717) is 10.2 Å². The highest BCUT2D eigenvalue weighted by molar-refractivity contribution is 9.10. The van der Waals surface area contributed by atoms with Gasteiger partial charge in [0.1, 0.15) is 5.70 Å². The molecule has 162 valence electrons. The molecule has 0 saturated heterocycles. The molecular formula is C21H14BrN3O7. The third kappa shape index (κ3) is 5.67. The summed E-state index contributed by atoms with van der Waals surface area (Å²) in [5.74, 6) is -2.64. The number of hydrogen-bond donors (Lipinski definition) is 3. The molecule has 0 saturated carbocycles. The van der Waals surface area contributed by atoms with Gasteiger partial charge in [0, 0.05) is 17.8 Å². The highest BCUT2D eigenvalue weighted by Gasteiger charge is 2.18.